The van der Waals surface area contributed by atoms with Gasteiger partial charge in [-0.2, -0.15) is 0 Å². The van der Waals surface area contributed by atoms with Crippen LogP contribution in [0.3, 0.4) is 0 Å². The number of benzene rings is 3. The molecule has 0 saturated carbocycles. The van der Waals surface area contributed by atoms with Crippen LogP contribution in [0.15, 0.2) is 91.0 Å². The van der Waals surface area contributed by atoms with Crippen LogP contribution in [-0.4, -0.2) is 83.5 Å². The lowest BCUT2D eigenvalue weighted by atomic mass is 9.57. The van der Waals surface area contributed by atoms with E-state index in [0.29, 0.717) is 44.4 Å². The normalized spacial score (nSPS) is 17.3. The molecule has 3 rings (SSSR count). The Bertz CT molecular complexity index is 1420. The first-order valence-corrected chi connectivity index (χ1v) is 13.4. The molecule has 0 aliphatic heterocycles. The van der Waals surface area contributed by atoms with Crippen molar-refractivity contribution in [1.29, 1.82) is 0 Å². The van der Waals surface area contributed by atoms with Crippen molar-refractivity contribution in [3.8, 4) is 0 Å². The van der Waals surface area contributed by atoms with Gasteiger partial charge in [-0.05, 0) is 37.5 Å². The fourth-order valence-electron chi connectivity index (χ4n) is 5.89. The molecule has 0 fully saturated rings. The highest BCUT2D eigenvalue weighted by Gasteiger charge is 2.76. The Morgan fingerprint density at radius 1 is 0.535 bits per heavy atom. The SMILES string of the molecule is CC(=O)C(=O)[C@@](O)(C(C)=O)[C@](O)(C(C)=O)[C@@](O)(C(C)=O)[C@H](O)C(O)C(c1ccccc1)(c1ccccc1)c1ccccc1. The van der Waals surface area contributed by atoms with Gasteiger partial charge in [0.15, 0.2) is 28.7 Å². The third-order valence-electron chi connectivity index (χ3n) is 8.14. The molecular formula is C33H34O10. The average Bonchev–Trinajstić information content (AvgIpc) is 3.00. The van der Waals surface area contributed by atoms with Gasteiger partial charge >= 0.3 is 0 Å². The summed E-state index contributed by atoms with van der Waals surface area (Å²) in [4.78, 5) is 64.3. The summed E-state index contributed by atoms with van der Waals surface area (Å²) in [5, 5.41) is 59.5. The van der Waals surface area contributed by atoms with Crippen LogP contribution in [0.2, 0.25) is 0 Å². The Morgan fingerprint density at radius 3 is 1.14 bits per heavy atom. The predicted molar refractivity (Wildman–Crippen MR) is 154 cm³/mol. The number of hydrogen-bond acceptors (Lipinski definition) is 10. The second kappa shape index (κ2) is 12.2. The molecule has 0 aliphatic carbocycles. The van der Waals surface area contributed by atoms with Crippen LogP contribution < -0.4 is 0 Å². The van der Waals surface area contributed by atoms with E-state index in [2.05, 4.69) is 0 Å². The summed E-state index contributed by atoms with van der Waals surface area (Å²) in [5.41, 5.74) is -13.0. The lowest BCUT2D eigenvalue weighted by Gasteiger charge is -2.52. The van der Waals surface area contributed by atoms with Gasteiger partial charge in [0.1, 0.15) is 12.2 Å². The number of carbonyl (C=O) groups is 5. The van der Waals surface area contributed by atoms with Gasteiger partial charge in [0, 0.05) is 6.92 Å². The third-order valence-corrected chi connectivity index (χ3v) is 8.14. The molecule has 3 aromatic rings. The minimum atomic E-state index is -4.14. The van der Waals surface area contributed by atoms with Crippen LogP contribution in [0, 0.1) is 0 Å². The van der Waals surface area contributed by atoms with Crippen molar-refractivity contribution in [3.63, 3.8) is 0 Å². The first-order valence-electron chi connectivity index (χ1n) is 13.4. The second-order valence-corrected chi connectivity index (χ2v) is 10.5. The molecule has 226 valence electrons. The highest BCUT2D eigenvalue weighted by atomic mass is 16.4. The molecule has 1 unspecified atom stereocenters. The maximum Gasteiger partial charge on any atom is 0.240 e. The Balaban J connectivity index is 2.51. The van der Waals surface area contributed by atoms with E-state index in [1.54, 1.807) is 91.0 Å². The lowest BCUT2D eigenvalue weighted by Crippen LogP contribution is -2.83. The van der Waals surface area contributed by atoms with E-state index >= 15 is 0 Å². The van der Waals surface area contributed by atoms with Gasteiger partial charge in [-0.25, -0.2) is 0 Å². The van der Waals surface area contributed by atoms with Crippen LogP contribution in [0.4, 0.5) is 0 Å². The van der Waals surface area contributed by atoms with Gasteiger partial charge in [-0.15, -0.1) is 0 Å². The van der Waals surface area contributed by atoms with Gasteiger partial charge in [-0.1, -0.05) is 91.0 Å². The van der Waals surface area contributed by atoms with Crippen molar-refractivity contribution in [2.45, 2.75) is 62.1 Å². The van der Waals surface area contributed by atoms with Crippen molar-refractivity contribution < 1.29 is 49.5 Å². The second-order valence-electron chi connectivity index (χ2n) is 10.5. The maximum absolute atomic E-state index is 13.3. The van der Waals surface area contributed by atoms with Gasteiger partial charge in [-0.3, -0.25) is 24.0 Å². The first kappa shape index (κ1) is 33.3. The number of aliphatic hydroxyl groups is 5. The van der Waals surface area contributed by atoms with Crippen molar-refractivity contribution in [1.82, 2.24) is 0 Å². The van der Waals surface area contributed by atoms with E-state index in [1.807, 2.05) is 0 Å². The summed E-state index contributed by atoms with van der Waals surface area (Å²) in [6, 6.07) is 24.5. The van der Waals surface area contributed by atoms with Gasteiger partial charge in [0.25, 0.3) is 0 Å². The minimum absolute atomic E-state index is 0.331. The van der Waals surface area contributed by atoms with E-state index in [4.69, 9.17) is 0 Å². The van der Waals surface area contributed by atoms with Gasteiger partial charge < -0.3 is 25.5 Å². The summed E-state index contributed by atoms with van der Waals surface area (Å²) in [6.45, 7) is 2.37. The fourth-order valence-corrected chi connectivity index (χ4v) is 5.89. The Kier molecular flexibility index (Phi) is 9.45. The number of rotatable bonds is 13. The predicted octanol–water partition coefficient (Wildman–Crippen LogP) is 0.861. The lowest BCUT2D eigenvalue weighted by molar-refractivity contribution is -0.254. The molecule has 0 amide bonds. The van der Waals surface area contributed by atoms with Crippen LogP contribution in [0.25, 0.3) is 0 Å². The van der Waals surface area contributed by atoms with E-state index in [1.165, 1.54) is 0 Å². The topological polar surface area (TPSA) is 186 Å². The Labute approximate surface area is 248 Å². The van der Waals surface area contributed by atoms with Crippen LogP contribution in [-0.2, 0) is 29.4 Å². The summed E-state index contributed by atoms with van der Waals surface area (Å²) in [6.07, 6.45) is -5.21. The Hall–Kier alpha value is -4.19. The monoisotopic (exact) mass is 590 g/mol. The standard InChI is InChI=1S/C33H34O10/c1-20(34)27(38)31(41,21(2)35)33(43,23(4)37)32(42,22(3)36)29(40)28(39)30(24-14-8-5-9-15-24,25-16-10-6-11-17-25)26-18-12-7-13-19-26/h5-19,28-29,39-43H,1-4H3/t28?,29-,31+,32-,33-/m1/s1. The minimum Gasteiger partial charge on any atom is -0.389 e. The molecule has 5 atom stereocenters. The zero-order valence-electron chi connectivity index (χ0n) is 24.1. The molecule has 0 heterocycles. The zero-order chi connectivity index (χ0) is 32.4. The molecular weight excluding hydrogens is 556 g/mol. The number of carbonyl (C=O) groups excluding carboxylic acids is 5. The summed E-state index contributed by atoms with van der Waals surface area (Å²) >= 11 is 0. The van der Waals surface area contributed by atoms with E-state index in [0.717, 1.165) is 0 Å². The molecule has 3 aromatic carbocycles. The van der Waals surface area contributed by atoms with Crippen molar-refractivity contribution >= 4 is 28.9 Å². The molecule has 0 saturated heterocycles. The molecule has 43 heavy (non-hydrogen) atoms. The van der Waals surface area contributed by atoms with E-state index in [-0.39, 0.29) is 0 Å². The largest absolute Gasteiger partial charge is 0.389 e. The molecule has 10 heteroatoms. The number of Topliss-reactive ketones (excluding diaryl/α,β-unsaturated/α-hetero) is 5. The smallest absolute Gasteiger partial charge is 0.240 e. The highest BCUT2D eigenvalue weighted by molar-refractivity contribution is 6.45. The molecule has 5 N–H and O–H groups in total. The zero-order valence-corrected chi connectivity index (χ0v) is 24.1. The average molecular weight is 591 g/mol. The number of aliphatic hydroxyl groups excluding tert-OH is 2. The number of ketones is 5. The summed E-state index contributed by atoms with van der Waals surface area (Å²) in [5.74, 6) is -8.50. The van der Waals surface area contributed by atoms with Crippen LogP contribution in [0.1, 0.15) is 44.4 Å². The maximum atomic E-state index is 13.3. The van der Waals surface area contributed by atoms with Crippen molar-refractivity contribution in [2.75, 3.05) is 0 Å². The van der Waals surface area contributed by atoms with Crippen LogP contribution >= 0.6 is 0 Å². The molecule has 0 aromatic heterocycles. The molecule has 0 bridgehead atoms. The molecule has 0 aliphatic rings. The van der Waals surface area contributed by atoms with Gasteiger partial charge in [0.05, 0.1) is 5.41 Å². The van der Waals surface area contributed by atoms with Crippen molar-refractivity contribution in [2.24, 2.45) is 0 Å². The molecule has 10 nitrogen and oxygen atoms in total. The van der Waals surface area contributed by atoms with E-state index < -0.39 is 63.3 Å². The quantitative estimate of drug-likeness (QED) is 0.109. The van der Waals surface area contributed by atoms with E-state index in [9.17, 15) is 49.5 Å². The first-order chi connectivity index (χ1) is 20.1. The van der Waals surface area contributed by atoms with Crippen LogP contribution in [0.5, 0.6) is 0 Å². The molecule has 0 radical (unpaired) electrons. The number of hydrogen-bond donors (Lipinski definition) is 5. The summed E-state index contributed by atoms with van der Waals surface area (Å²) in [7, 11) is 0. The van der Waals surface area contributed by atoms with Crippen molar-refractivity contribution in [3.05, 3.63) is 108 Å². The molecule has 0 spiro atoms. The highest BCUT2D eigenvalue weighted by Crippen LogP contribution is 2.48. The third kappa shape index (κ3) is 4.87. The van der Waals surface area contributed by atoms with Gasteiger partial charge in [0.2, 0.25) is 17.0 Å². The summed E-state index contributed by atoms with van der Waals surface area (Å²) < 4.78 is 0. The Morgan fingerprint density at radius 2 is 0.884 bits per heavy atom. The fraction of sp³-hybridized carbons (Fsp3) is 0.303.